The summed E-state index contributed by atoms with van der Waals surface area (Å²) in [7, 11) is 0. The fraction of sp³-hybridized carbons (Fsp3) is 0.214. The van der Waals surface area contributed by atoms with Crippen molar-refractivity contribution in [2.24, 2.45) is 5.73 Å². The first-order chi connectivity index (χ1) is 8.22. The molecule has 0 bridgehead atoms. The fourth-order valence-corrected chi connectivity index (χ4v) is 2.84. The number of benzene rings is 1. The summed E-state index contributed by atoms with van der Waals surface area (Å²) in [5, 5.41) is 8.64. The van der Waals surface area contributed by atoms with Gasteiger partial charge in [-0.2, -0.15) is 5.26 Å². The minimum absolute atomic E-state index is 0.164. The van der Waals surface area contributed by atoms with Crippen LogP contribution in [0.25, 0.3) is 10.4 Å². The lowest BCUT2D eigenvalue weighted by Gasteiger charge is -2.04. The summed E-state index contributed by atoms with van der Waals surface area (Å²) in [6, 6.07) is 14.3. The SMILES string of the molecule is Cc1ccccc1-c1ccc([C@@H](N)CC#N)s1. The third-order valence-corrected chi connectivity index (χ3v) is 3.96. The molecule has 0 aliphatic carbocycles. The summed E-state index contributed by atoms with van der Waals surface area (Å²) >= 11 is 1.67. The van der Waals surface area contributed by atoms with E-state index in [0.29, 0.717) is 6.42 Å². The molecule has 1 atom stereocenters. The number of aryl methyl sites for hydroxylation is 1. The van der Waals surface area contributed by atoms with E-state index in [-0.39, 0.29) is 6.04 Å². The first-order valence-corrected chi connectivity index (χ1v) is 6.32. The second-order valence-corrected chi connectivity index (χ2v) is 5.10. The Bertz CT molecular complexity index is 551. The van der Waals surface area contributed by atoms with Crippen LogP contribution in [-0.2, 0) is 0 Å². The molecule has 0 spiro atoms. The lowest BCUT2D eigenvalue weighted by Crippen LogP contribution is -2.06. The highest BCUT2D eigenvalue weighted by Crippen LogP contribution is 2.33. The van der Waals surface area contributed by atoms with Gasteiger partial charge in [0.25, 0.3) is 0 Å². The maximum absolute atomic E-state index is 8.64. The van der Waals surface area contributed by atoms with Crippen LogP contribution < -0.4 is 5.73 Å². The van der Waals surface area contributed by atoms with Gasteiger partial charge in [0, 0.05) is 9.75 Å². The van der Waals surface area contributed by atoms with Crippen LogP contribution in [0.5, 0.6) is 0 Å². The monoisotopic (exact) mass is 242 g/mol. The quantitative estimate of drug-likeness (QED) is 0.893. The predicted molar refractivity (Wildman–Crippen MR) is 71.7 cm³/mol. The maximum atomic E-state index is 8.64. The molecule has 86 valence electrons. The Labute approximate surface area is 105 Å². The van der Waals surface area contributed by atoms with Gasteiger partial charge in [-0.3, -0.25) is 0 Å². The Hall–Kier alpha value is -1.63. The zero-order valence-electron chi connectivity index (χ0n) is 9.68. The summed E-state index contributed by atoms with van der Waals surface area (Å²) in [6.07, 6.45) is 0.369. The van der Waals surface area contributed by atoms with Crippen molar-refractivity contribution in [3.63, 3.8) is 0 Å². The second kappa shape index (κ2) is 5.13. The van der Waals surface area contributed by atoms with Crippen LogP contribution in [0.15, 0.2) is 36.4 Å². The van der Waals surface area contributed by atoms with E-state index in [1.807, 2.05) is 18.2 Å². The molecule has 0 aliphatic heterocycles. The van der Waals surface area contributed by atoms with Crippen LogP contribution in [0.4, 0.5) is 0 Å². The van der Waals surface area contributed by atoms with Crippen molar-refractivity contribution in [1.82, 2.24) is 0 Å². The van der Waals surface area contributed by atoms with Gasteiger partial charge < -0.3 is 5.73 Å². The molecular formula is C14H14N2S. The molecule has 0 fully saturated rings. The van der Waals surface area contributed by atoms with Gasteiger partial charge in [-0.1, -0.05) is 24.3 Å². The zero-order chi connectivity index (χ0) is 12.3. The number of rotatable bonds is 3. The molecule has 0 saturated carbocycles. The highest BCUT2D eigenvalue weighted by Gasteiger charge is 2.10. The number of hydrogen-bond acceptors (Lipinski definition) is 3. The topological polar surface area (TPSA) is 49.8 Å². The lowest BCUT2D eigenvalue weighted by molar-refractivity contribution is 0.765. The van der Waals surface area contributed by atoms with Crippen LogP contribution in [0.2, 0.25) is 0 Å². The molecular weight excluding hydrogens is 228 g/mol. The zero-order valence-corrected chi connectivity index (χ0v) is 10.5. The standard InChI is InChI=1S/C14H14N2S/c1-10-4-2-3-5-11(10)13-6-7-14(17-13)12(16)8-9-15/h2-7,12H,8,16H2,1H3/t12-/m0/s1. The van der Waals surface area contributed by atoms with Crippen molar-refractivity contribution >= 4 is 11.3 Å². The van der Waals surface area contributed by atoms with E-state index in [1.165, 1.54) is 16.0 Å². The number of hydrogen-bond donors (Lipinski definition) is 1. The summed E-state index contributed by atoms with van der Waals surface area (Å²) < 4.78 is 0. The van der Waals surface area contributed by atoms with E-state index in [1.54, 1.807) is 11.3 Å². The Balaban J connectivity index is 2.31. The van der Waals surface area contributed by atoms with E-state index < -0.39 is 0 Å². The maximum Gasteiger partial charge on any atom is 0.0642 e. The fourth-order valence-electron chi connectivity index (χ4n) is 1.75. The highest BCUT2D eigenvalue weighted by molar-refractivity contribution is 7.15. The van der Waals surface area contributed by atoms with Gasteiger partial charge >= 0.3 is 0 Å². The van der Waals surface area contributed by atoms with Crippen molar-refractivity contribution in [2.75, 3.05) is 0 Å². The van der Waals surface area contributed by atoms with Crippen molar-refractivity contribution < 1.29 is 0 Å². The van der Waals surface area contributed by atoms with Gasteiger partial charge in [0.05, 0.1) is 18.5 Å². The molecule has 1 aromatic heterocycles. The van der Waals surface area contributed by atoms with Gasteiger partial charge in [-0.05, 0) is 30.2 Å². The Morgan fingerprint density at radius 3 is 2.76 bits per heavy atom. The molecule has 2 N–H and O–H groups in total. The molecule has 0 saturated heterocycles. The summed E-state index contributed by atoms with van der Waals surface area (Å²) in [5.74, 6) is 0. The van der Waals surface area contributed by atoms with E-state index in [4.69, 9.17) is 11.0 Å². The molecule has 0 aliphatic rings. The normalized spacial score (nSPS) is 12.1. The molecule has 2 rings (SSSR count). The average Bonchev–Trinajstić information content (AvgIpc) is 2.79. The Morgan fingerprint density at radius 1 is 1.29 bits per heavy atom. The Morgan fingerprint density at radius 2 is 2.06 bits per heavy atom. The summed E-state index contributed by atoms with van der Waals surface area (Å²) in [4.78, 5) is 2.29. The molecule has 0 radical (unpaired) electrons. The van der Waals surface area contributed by atoms with Gasteiger partial charge in [0.1, 0.15) is 0 Å². The number of thiophene rings is 1. The first kappa shape index (κ1) is 11.8. The number of nitrogens with two attached hydrogens (primary N) is 1. The summed E-state index contributed by atoms with van der Waals surface area (Å²) in [5.41, 5.74) is 8.43. The smallest absolute Gasteiger partial charge is 0.0642 e. The lowest BCUT2D eigenvalue weighted by atomic mass is 10.1. The van der Waals surface area contributed by atoms with Gasteiger partial charge in [0.2, 0.25) is 0 Å². The molecule has 0 unspecified atom stereocenters. The Kier molecular flexibility index (Phi) is 3.58. The molecule has 2 nitrogen and oxygen atoms in total. The molecule has 2 aromatic rings. The largest absolute Gasteiger partial charge is 0.322 e. The van der Waals surface area contributed by atoms with Crippen molar-refractivity contribution in [2.45, 2.75) is 19.4 Å². The average molecular weight is 242 g/mol. The van der Waals surface area contributed by atoms with E-state index >= 15 is 0 Å². The minimum Gasteiger partial charge on any atom is -0.322 e. The van der Waals surface area contributed by atoms with Crippen LogP contribution in [-0.4, -0.2) is 0 Å². The first-order valence-electron chi connectivity index (χ1n) is 5.50. The van der Waals surface area contributed by atoms with Gasteiger partial charge in [0.15, 0.2) is 0 Å². The van der Waals surface area contributed by atoms with Gasteiger partial charge in [-0.15, -0.1) is 11.3 Å². The second-order valence-electron chi connectivity index (χ2n) is 3.99. The minimum atomic E-state index is -0.164. The van der Waals surface area contributed by atoms with Crippen molar-refractivity contribution in [3.05, 3.63) is 46.8 Å². The molecule has 1 heterocycles. The van der Waals surface area contributed by atoms with Crippen molar-refractivity contribution in [1.29, 1.82) is 5.26 Å². The molecule has 17 heavy (non-hydrogen) atoms. The molecule has 0 amide bonds. The number of nitrogens with zero attached hydrogens (tertiary/aromatic N) is 1. The number of nitriles is 1. The predicted octanol–water partition coefficient (Wildman–Crippen LogP) is 3.64. The van der Waals surface area contributed by atoms with E-state index in [0.717, 1.165) is 4.88 Å². The highest BCUT2D eigenvalue weighted by atomic mass is 32.1. The van der Waals surface area contributed by atoms with Crippen LogP contribution in [0.3, 0.4) is 0 Å². The molecule has 3 heteroatoms. The van der Waals surface area contributed by atoms with Crippen LogP contribution in [0, 0.1) is 18.3 Å². The van der Waals surface area contributed by atoms with E-state index in [2.05, 4.69) is 31.2 Å². The molecule has 1 aromatic carbocycles. The third-order valence-electron chi connectivity index (χ3n) is 2.71. The van der Waals surface area contributed by atoms with Crippen molar-refractivity contribution in [3.8, 4) is 16.5 Å². The summed E-state index contributed by atoms with van der Waals surface area (Å²) in [6.45, 7) is 2.10. The third kappa shape index (κ3) is 2.55. The van der Waals surface area contributed by atoms with E-state index in [9.17, 15) is 0 Å². The van der Waals surface area contributed by atoms with Crippen LogP contribution >= 0.6 is 11.3 Å². The van der Waals surface area contributed by atoms with Gasteiger partial charge in [-0.25, -0.2) is 0 Å². The van der Waals surface area contributed by atoms with Crippen LogP contribution in [0.1, 0.15) is 22.9 Å².